The summed E-state index contributed by atoms with van der Waals surface area (Å²) < 4.78 is 75.5. The molecule has 2 nitrogen and oxygen atoms in total. The highest BCUT2D eigenvalue weighted by atomic mass is 32.1. The Bertz CT molecular complexity index is 2160. The Balaban J connectivity index is 1.25. The minimum Gasteiger partial charge on any atom is -0.354 e. The molecule has 46 heavy (non-hydrogen) atoms. The molecule has 0 radical (unpaired) electrons. The van der Waals surface area contributed by atoms with Gasteiger partial charge in [0.2, 0.25) is 5.70 Å². The topological polar surface area (TPSA) is 18.8 Å². The number of benzene rings is 2. The molecule has 230 valence electrons. The lowest BCUT2D eigenvalue weighted by molar-refractivity contribution is -0.342. The molecule has 0 fully saturated rings. The normalized spacial score (nSPS) is 16.5. The summed E-state index contributed by atoms with van der Waals surface area (Å²) in [6.45, 7) is 4.07. The Morgan fingerprint density at radius 2 is 1.33 bits per heavy atom. The van der Waals surface area contributed by atoms with E-state index in [4.69, 9.17) is 0 Å². The van der Waals surface area contributed by atoms with E-state index in [1.54, 1.807) is 28.7 Å². The molecule has 2 aliphatic carbocycles. The van der Waals surface area contributed by atoms with E-state index >= 15 is 13.2 Å². The average molecular weight is 658 g/mol. The molecule has 4 heterocycles. The maximum Gasteiger partial charge on any atom is 0.935 e. The lowest BCUT2D eigenvalue weighted by atomic mass is 9.85. The van der Waals surface area contributed by atoms with E-state index in [0.717, 1.165) is 48.0 Å². The molecule has 2 aromatic carbocycles. The van der Waals surface area contributed by atoms with Gasteiger partial charge in [0, 0.05) is 48.0 Å². The van der Waals surface area contributed by atoms with Crippen LogP contribution in [0.3, 0.4) is 0 Å². The lowest BCUT2D eigenvalue weighted by Crippen LogP contribution is -2.30. The molecule has 8 rings (SSSR count). The van der Waals surface area contributed by atoms with Crippen molar-refractivity contribution in [2.24, 2.45) is 0 Å². The van der Waals surface area contributed by atoms with Crippen molar-refractivity contribution in [2.75, 3.05) is 0 Å². The molecule has 0 saturated heterocycles. The second kappa shape index (κ2) is 10.8. The van der Waals surface area contributed by atoms with E-state index in [2.05, 4.69) is 30.1 Å². The molecule has 1 N–H and O–H groups in total. The van der Waals surface area contributed by atoms with Gasteiger partial charge in [-0.15, -0.1) is 22.7 Å². The van der Waals surface area contributed by atoms with Crippen LogP contribution >= 0.6 is 22.7 Å². The molecule has 0 bridgehead atoms. The van der Waals surface area contributed by atoms with Gasteiger partial charge in [-0.25, -0.2) is 13.1 Å². The van der Waals surface area contributed by atoms with E-state index in [1.807, 2.05) is 43.3 Å². The number of hydrogen-bond acceptors (Lipinski definition) is 2. The molecule has 0 amide bonds. The number of nitrogens with one attached hydrogen (secondary N) is 1. The SMILES string of the molecule is Cc1ccc(-c2ccc3c(c2)CCC2=C/C(=C(/c4cc5c([nH]4)-c4ccc(-c6ccc(C)s6)cc4CC5)C(F)(F)F)[N+](B(F)F)=C23)s1. The van der Waals surface area contributed by atoms with Crippen molar-refractivity contribution in [3.05, 3.63) is 122 Å². The third kappa shape index (κ3) is 4.85. The first-order valence-corrected chi connectivity index (χ1v) is 16.8. The van der Waals surface area contributed by atoms with E-state index in [0.29, 0.717) is 47.0 Å². The van der Waals surface area contributed by atoms with Crippen LogP contribution in [0.2, 0.25) is 0 Å². The molecule has 5 aromatic rings. The molecule has 10 heteroatoms. The summed E-state index contributed by atoms with van der Waals surface area (Å²) in [5, 5.41) is 0. The summed E-state index contributed by atoms with van der Waals surface area (Å²) in [6, 6.07) is 21.4. The van der Waals surface area contributed by atoms with Crippen LogP contribution in [-0.4, -0.2) is 28.8 Å². The molecular weight excluding hydrogens is 630 g/mol. The monoisotopic (exact) mass is 657 g/mol. The van der Waals surface area contributed by atoms with Crippen LogP contribution in [-0.2, 0) is 19.3 Å². The molecule has 0 saturated carbocycles. The van der Waals surface area contributed by atoms with Gasteiger partial charge >= 0.3 is 13.6 Å². The van der Waals surface area contributed by atoms with Crippen molar-refractivity contribution in [1.82, 2.24) is 4.98 Å². The summed E-state index contributed by atoms with van der Waals surface area (Å²) in [5.41, 5.74) is 5.64. The van der Waals surface area contributed by atoms with Gasteiger partial charge in [-0.2, -0.15) is 13.2 Å². The Morgan fingerprint density at radius 1 is 0.739 bits per heavy atom. The summed E-state index contributed by atoms with van der Waals surface area (Å²) in [7, 11) is -3.16. The Hall–Kier alpha value is -4.02. The van der Waals surface area contributed by atoms with Crippen LogP contribution in [0.1, 0.15) is 44.1 Å². The average Bonchev–Trinajstić information content (AvgIpc) is 3.81. The minimum absolute atomic E-state index is 0.167. The minimum atomic E-state index is -4.88. The number of alkyl halides is 3. The van der Waals surface area contributed by atoms with Gasteiger partial charge in [0.05, 0.1) is 5.69 Å². The van der Waals surface area contributed by atoms with Gasteiger partial charge in [0.1, 0.15) is 5.57 Å². The van der Waals surface area contributed by atoms with E-state index in [-0.39, 0.29) is 11.4 Å². The summed E-state index contributed by atoms with van der Waals surface area (Å²) in [6.07, 6.45) is -1.36. The van der Waals surface area contributed by atoms with Crippen molar-refractivity contribution < 1.29 is 26.3 Å². The maximum atomic E-state index is 15.0. The predicted octanol–water partition coefficient (Wildman–Crippen LogP) is 10.4. The Labute approximate surface area is 271 Å². The van der Waals surface area contributed by atoms with Gasteiger partial charge in [-0.3, -0.25) is 0 Å². The molecule has 3 aromatic heterocycles. The third-order valence-corrected chi connectivity index (χ3v) is 11.2. The summed E-state index contributed by atoms with van der Waals surface area (Å²) >= 11 is 3.34. The van der Waals surface area contributed by atoms with Crippen molar-refractivity contribution in [3.8, 4) is 32.1 Å². The number of aromatic nitrogens is 1. The first-order valence-electron chi connectivity index (χ1n) is 15.1. The standard InChI is InChI=1S/C36H26BF5N2S2/c1-19-3-13-31(45-19)23-9-11-27-21(15-23)5-7-25-17-29(43-34(25)27)33(36(38,39)40)30-18-26-8-6-22-16-24(32-14-4-20(2)46-32)10-12-28(22)35(26)44(30)37(41)42/h3-4,9-18H,5-8H2,1-2H3/p+1. The highest BCUT2D eigenvalue weighted by molar-refractivity contribution is 7.15. The molecule has 0 spiro atoms. The predicted molar refractivity (Wildman–Crippen MR) is 178 cm³/mol. The van der Waals surface area contributed by atoms with E-state index in [1.165, 1.54) is 17.0 Å². The van der Waals surface area contributed by atoms with E-state index in [9.17, 15) is 8.63 Å². The zero-order valence-corrected chi connectivity index (χ0v) is 26.6. The third-order valence-electron chi connectivity index (χ3n) is 9.13. The van der Waals surface area contributed by atoms with Crippen LogP contribution in [0.25, 0.3) is 37.7 Å². The second-order valence-electron chi connectivity index (χ2n) is 12.1. The largest absolute Gasteiger partial charge is 0.935 e. The quantitative estimate of drug-likeness (QED) is 0.147. The first-order chi connectivity index (χ1) is 22.0. The van der Waals surface area contributed by atoms with Crippen LogP contribution in [0.15, 0.2) is 84.1 Å². The number of H-pyrrole nitrogens is 1. The smallest absolute Gasteiger partial charge is 0.354 e. The highest BCUT2D eigenvalue weighted by Gasteiger charge is 2.52. The van der Waals surface area contributed by atoms with Gasteiger partial charge in [0.25, 0.3) is 0 Å². The number of aromatic amines is 1. The number of allylic oxidation sites excluding steroid dienone is 3. The van der Waals surface area contributed by atoms with Crippen molar-refractivity contribution in [2.45, 2.75) is 45.7 Å². The van der Waals surface area contributed by atoms with E-state index < -0.39 is 24.8 Å². The number of thiophene rings is 2. The van der Waals surface area contributed by atoms with Gasteiger partial charge in [0.15, 0.2) is 5.71 Å². The number of hydrogen-bond donors (Lipinski definition) is 1. The summed E-state index contributed by atoms with van der Waals surface area (Å²) in [5.74, 6) is 0. The lowest BCUT2D eigenvalue weighted by Gasteiger charge is -2.17. The molecule has 1 aliphatic heterocycles. The van der Waals surface area contributed by atoms with Crippen LogP contribution in [0, 0.1) is 13.8 Å². The molecule has 0 unspecified atom stereocenters. The highest BCUT2D eigenvalue weighted by Crippen LogP contribution is 2.45. The fourth-order valence-electron chi connectivity index (χ4n) is 7.07. The first kappa shape index (κ1) is 29.4. The van der Waals surface area contributed by atoms with Crippen molar-refractivity contribution in [3.63, 3.8) is 0 Å². The fourth-order valence-corrected chi connectivity index (χ4v) is 8.80. The van der Waals surface area contributed by atoms with Crippen molar-refractivity contribution in [1.29, 1.82) is 0 Å². The number of fused-ring (bicyclic) bond motifs is 6. The van der Waals surface area contributed by atoms with Crippen LogP contribution in [0.4, 0.5) is 21.8 Å². The molecule has 0 atom stereocenters. The maximum absolute atomic E-state index is 15.0. The Morgan fingerprint density at radius 3 is 1.91 bits per heavy atom. The number of halogens is 5. The number of aryl methyl sites for hydroxylation is 5. The van der Waals surface area contributed by atoms with Crippen LogP contribution < -0.4 is 0 Å². The van der Waals surface area contributed by atoms with Crippen LogP contribution in [0.5, 0.6) is 0 Å². The van der Waals surface area contributed by atoms with Gasteiger partial charge in [-0.1, -0.05) is 18.2 Å². The number of rotatable bonds is 4. The van der Waals surface area contributed by atoms with Crippen molar-refractivity contribution >= 4 is 41.4 Å². The number of nitrogens with zero attached hydrogens (tertiary/aromatic N) is 1. The second-order valence-corrected chi connectivity index (χ2v) is 14.6. The van der Waals surface area contributed by atoms with Gasteiger partial charge < -0.3 is 4.98 Å². The van der Waals surface area contributed by atoms with Gasteiger partial charge in [-0.05, 0) is 116 Å². The summed E-state index contributed by atoms with van der Waals surface area (Å²) in [4.78, 5) is 7.62. The molecular formula is C36H27BF5N2S2+. The molecule has 3 aliphatic rings. The fraction of sp³-hybridized carbons (Fsp3) is 0.194. The zero-order chi connectivity index (χ0) is 31.9. The Kier molecular flexibility index (Phi) is 6.88. The zero-order valence-electron chi connectivity index (χ0n) is 25.0.